The lowest BCUT2D eigenvalue weighted by atomic mass is 10.0. The van der Waals surface area contributed by atoms with Crippen LogP contribution in [-0.4, -0.2) is 6.54 Å². The Balaban J connectivity index is 2.26. The van der Waals surface area contributed by atoms with E-state index >= 15 is 0 Å². The van der Waals surface area contributed by atoms with Crippen molar-refractivity contribution >= 4 is 11.3 Å². The van der Waals surface area contributed by atoms with Crippen LogP contribution >= 0.6 is 11.3 Å². The van der Waals surface area contributed by atoms with E-state index in [0.29, 0.717) is 0 Å². The molecule has 1 aromatic heterocycles. The first kappa shape index (κ1) is 10.7. The van der Waals surface area contributed by atoms with E-state index in [2.05, 4.69) is 26.0 Å². The predicted octanol–water partition coefficient (Wildman–Crippen LogP) is 2.97. The van der Waals surface area contributed by atoms with Gasteiger partial charge in [-0.15, -0.1) is 11.3 Å². The molecule has 2 heteroatoms. The van der Waals surface area contributed by atoms with E-state index in [1.807, 2.05) is 11.3 Å². The van der Waals surface area contributed by atoms with Gasteiger partial charge in [-0.3, -0.25) is 0 Å². The molecule has 2 N–H and O–H groups in total. The Labute approximate surface area is 85.0 Å². The molecule has 0 aliphatic heterocycles. The second-order valence-electron chi connectivity index (χ2n) is 3.73. The van der Waals surface area contributed by atoms with Gasteiger partial charge in [0.2, 0.25) is 0 Å². The lowest BCUT2D eigenvalue weighted by molar-refractivity contribution is 0.501. The molecule has 1 rings (SSSR count). The summed E-state index contributed by atoms with van der Waals surface area (Å²) in [6, 6.07) is 4.45. The summed E-state index contributed by atoms with van der Waals surface area (Å²) in [7, 11) is 0. The maximum atomic E-state index is 5.51. The smallest absolute Gasteiger partial charge is 0.00481 e. The summed E-state index contributed by atoms with van der Waals surface area (Å²) >= 11 is 1.92. The fraction of sp³-hybridized carbons (Fsp3) is 0.636. The summed E-state index contributed by atoms with van der Waals surface area (Å²) < 4.78 is 0. The van der Waals surface area contributed by atoms with Gasteiger partial charge in [-0.2, -0.15) is 0 Å². The molecule has 0 aromatic carbocycles. The molecule has 13 heavy (non-hydrogen) atoms. The van der Waals surface area contributed by atoms with Crippen LogP contribution in [0, 0.1) is 12.8 Å². The zero-order valence-electron chi connectivity index (χ0n) is 8.55. The molecule has 0 radical (unpaired) electrons. The first-order chi connectivity index (χ1) is 6.22. The molecule has 0 aliphatic carbocycles. The molecule has 0 aliphatic rings. The highest BCUT2D eigenvalue weighted by molar-refractivity contribution is 7.11. The summed E-state index contributed by atoms with van der Waals surface area (Å²) in [4.78, 5) is 2.93. The third-order valence-corrected chi connectivity index (χ3v) is 3.40. The summed E-state index contributed by atoms with van der Waals surface area (Å²) in [6.45, 7) is 5.27. The van der Waals surface area contributed by atoms with Crippen LogP contribution in [-0.2, 0) is 6.42 Å². The molecule has 0 fully saturated rings. The Hall–Kier alpha value is -0.340. The highest BCUT2D eigenvalue weighted by atomic mass is 32.1. The average molecular weight is 197 g/mol. The number of nitrogens with two attached hydrogens (primary N) is 1. The highest BCUT2D eigenvalue weighted by Crippen LogP contribution is 2.19. The van der Waals surface area contributed by atoms with Gasteiger partial charge in [0.05, 0.1) is 0 Å². The maximum absolute atomic E-state index is 5.51. The van der Waals surface area contributed by atoms with Gasteiger partial charge in [0.1, 0.15) is 0 Å². The van der Waals surface area contributed by atoms with Crippen molar-refractivity contribution in [3.8, 4) is 0 Å². The quantitative estimate of drug-likeness (QED) is 0.771. The Bertz CT molecular complexity index is 242. The lowest BCUT2D eigenvalue weighted by Gasteiger charge is -2.07. The van der Waals surface area contributed by atoms with Gasteiger partial charge in [0.25, 0.3) is 0 Å². The third kappa shape index (κ3) is 3.92. The second kappa shape index (κ2) is 5.40. The van der Waals surface area contributed by atoms with Crippen molar-refractivity contribution in [3.63, 3.8) is 0 Å². The average Bonchev–Trinajstić information content (AvgIpc) is 2.49. The minimum atomic E-state index is 0.771. The molecule has 74 valence electrons. The van der Waals surface area contributed by atoms with Crippen molar-refractivity contribution in [2.24, 2.45) is 11.7 Å². The Morgan fingerprint density at radius 1 is 1.38 bits per heavy atom. The first-order valence-electron chi connectivity index (χ1n) is 4.97. The van der Waals surface area contributed by atoms with Crippen LogP contribution in [0.25, 0.3) is 0 Å². The SMILES string of the molecule is Cc1ccc(CCC(C)CCN)s1. The fourth-order valence-corrected chi connectivity index (χ4v) is 2.34. The van der Waals surface area contributed by atoms with Crippen LogP contribution in [0.15, 0.2) is 12.1 Å². The van der Waals surface area contributed by atoms with Crippen molar-refractivity contribution in [1.82, 2.24) is 0 Å². The standard InChI is InChI=1S/C11H19NS/c1-9(7-8-12)3-5-11-6-4-10(2)13-11/h4,6,9H,3,5,7-8,12H2,1-2H3. The van der Waals surface area contributed by atoms with E-state index in [9.17, 15) is 0 Å². The summed E-state index contributed by atoms with van der Waals surface area (Å²) in [6.07, 6.45) is 3.65. The van der Waals surface area contributed by atoms with E-state index in [-0.39, 0.29) is 0 Å². The van der Waals surface area contributed by atoms with E-state index in [1.54, 1.807) is 0 Å². The summed E-state index contributed by atoms with van der Waals surface area (Å²) in [5.41, 5.74) is 5.51. The molecule has 0 bridgehead atoms. The van der Waals surface area contributed by atoms with Crippen molar-refractivity contribution < 1.29 is 0 Å². The van der Waals surface area contributed by atoms with Gasteiger partial charge in [0.15, 0.2) is 0 Å². The fourth-order valence-electron chi connectivity index (χ4n) is 1.44. The van der Waals surface area contributed by atoms with E-state index in [4.69, 9.17) is 5.73 Å². The highest BCUT2D eigenvalue weighted by Gasteiger charge is 2.02. The normalized spacial score (nSPS) is 13.2. The lowest BCUT2D eigenvalue weighted by Crippen LogP contribution is -2.06. The number of thiophene rings is 1. The Morgan fingerprint density at radius 2 is 2.15 bits per heavy atom. The monoisotopic (exact) mass is 197 g/mol. The molecule has 0 spiro atoms. The molecular weight excluding hydrogens is 178 g/mol. The summed E-state index contributed by atoms with van der Waals surface area (Å²) in [5.74, 6) is 0.771. The first-order valence-corrected chi connectivity index (χ1v) is 5.79. The molecule has 1 aromatic rings. The van der Waals surface area contributed by atoms with Crippen LogP contribution in [0.5, 0.6) is 0 Å². The minimum Gasteiger partial charge on any atom is -0.330 e. The van der Waals surface area contributed by atoms with Crippen molar-refractivity contribution in [1.29, 1.82) is 0 Å². The van der Waals surface area contributed by atoms with Crippen LogP contribution in [0.1, 0.15) is 29.5 Å². The van der Waals surface area contributed by atoms with E-state index in [1.165, 1.54) is 22.6 Å². The number of aryl methyl sites for hydroxylation is 2. The molecule has 0 amide bonds. The molecule has 0 saturated heterocycles. The molecule has 1 heterocycles. The number of hydrogen-bond acceptors (Lipinski definition) is 2. The van der Waals surface area contributed by atoms with E-state index in [0.717, 1.165) is 18.9 Å². The van der Waals surface area contributed by atoms with Gasteiger partial charge in [0, 0.05) is 9.75 Å². The Kier molecular flexibility index (Phi) is 4.46. The van der Waals surface area contributed by atoms with Crippen LogP contribution in [0.2, 0.25) is 0 Å². The topological polar surface area (TPSA) is 26.0 Å². The van der Waals surface area contributed by atoms with Crippen molar-refractivity contribution in [3.05, 3.63) is 21.9 Å². The maximum Gasteiger partial charge on any atom is 0.00481 e. The summed E-state index contributed by atoms with van der Waals surface area (Å²) in [5, 5.41) is 0. The van der Waals surface area contributed by atoms with Crippen LogP contribution in [0.4, 0.5) is 0 Å². The Morgan fingerprint density at radius 3 is 2.69 bits per heavy atom. The third-order valence-electron chi connectivity index (χ3n) is 2.34. The van der Waals surface area contributed by atoms with Crippen LogP contribution < -0.4 is 5.73 Å². The predicted molar refractivity (Wildman–Crippen MR) is 60.2 cm³/mol. The number of rotatable bonds is 5. The van der Waals surface area contributed by atoms with Gasteiger partial charge in [-0.25, -0.2) is 0 Å². The van der Waals surface area contributed by atoms with E-state index < -0.39 is 0 Å². The van der Waals surface area contributed by atoms with Gasteiger partial charge in [-0.05, 0) is 50.8 Å². The van der Waals surface area contributed by atoms with Crippen LogP contribution in [0.3, 0.4) is 0 Å². The van der Waals surface area contributed by atoms with Crippen molar-refractivity contribution in [2.45, 2.75) is 33.1 Å². The van der Waals surface area contributed by atoms with Gasteiger partial charge < -0.3 is 5.73 Å². The van der Waals surface area contributed by atoms with Gasteiger partial charge in [-0.1, -0.05) is 6.92 Å². The van der Waals surface area contributed by atoms with Crippen molar-refractivity contribution in [2.75, 3.05) is 6.54 Å². The molecule has 1 atom stereocenters. The molecular formula is C11H19NS. The number of hydrogen-bond donors (Lipinski definition) is 1. The largest absolute Gasteiger partial charge is 0.330 e. The molecule has 1 nitrogen and oxygen atoms in total. The second-order valence-corrected chi connectivity index (χ2v) is 5.11. The molecule has 0 saturated carbocycles. The van der Waals surface area contributed by atoms with Gasteiger partial charge >= 0.3 is 0 Å². The zero-order chi connectivity index (χ0) is 9.68. The minimum absolute atomic E-state index is 0.771. The zero-order valence-corrected chi connectivity index (χ0v) is 9.36. The molecule has 1 unspecified atom stereocenters.